The second kappa shape index (κ2) is 12.2. The van der Waals surface area contributed by atoms with Gasteiger partial charge in [-0.2, -0.15) is 0 Å². The number of benzene rings is 1. The summed E-state index contributed by atoms with van der Waals surface area (Å²) in [7, 11) is 0. The van der Waals surface area contributed by atoms with E-state index >= 15 is 0 Å². The predicted octanol–water partition coefficient (Wildman–Crippen LogP) is 5.30. The molecule has 0 radical (unpaired) electrons. The van der Waals surface area contributed by atoms with E-state index in [1.54, 1.807) is 13.0 Å². The zero-order valence-electron chi connectivity index (χ0n) is 15.3. The number of hydrogen-bond donors (Lipinski definition) is 0. The SMILES string of the molecule is C=CCCCCCc1ccccc1C(=O)C[C@@H](CC=C)C(=O)OCC. The zero-order valence-corrected chi connectivity index (χ0v) is 15.3. The standard InChI is InChI=1S/C22H30O3/c1-4-7-8-9-10-14-18-15-11-12-16-20(18)21(23)17-19(13-5-2)22(24)25-6-3/h4-5,11-12,15-16,19H,1-2,6-10,13-14,17H2,3H3/t19-/m1/s1. The minimum Gasteiger partial charge on any atom is -0.466 e. The molecule has 1 aromatic carbocycles. The molecular weight excluding hydrogens is 312 g/mol. The molecule has 136 valence electrons. The van der Waals surface area contributed by atoms with Crippen molar-refractivity contribution in [2.45, 2.75) is 51.9 Å². The zero-order chi connectivity index (χ0) is 18.5. The summed E-state index contributed by atoms with van der Waals surface area (Å²) in [6, 6.07) is 7.70. The average Bonchev–Trinajstić information content (AvgIpc) is 2.61. The third-order valence-corrected chi connectivity index (χ3v) is 4.18. The van der Waals surface area contributed by atoms with Crippen molar-refractivity contribution in [3.05, 3.63) is 60.7 Å². The Morgan fingerprint density at radius 3 is 2.56 bits per heavy atom. The Bertz CT molecular complexity index is 574. The fourth-order valence-corrected chi connectivity index (χ4v) is 2.85. The molecule has 0 N–H and O–H groups in total. The Balaban J connectivity index is 2.74. The number of aryl methyl sites for hydroxylation is 1. The van der Waals surface area contributed by atoms with E-state index in [4.69, 9.17) is 4.74 Å². The number of hydrogen-bond acceptors (Lipinski definition) is 3. The fourth-order valence-electron chi connectivity index (χ4n) is 2.85. The van der Waals surface area contributed by atoms with Gasteiger partial charge in [0, 0.05) is 12.0 Å². The number of unbranched alkanes of at least 4 members (excludes halogenated alkanes) is 3. The summed E-state index contributed by atoms with van der Waals surface area (Å²) in [5, 5.41) is 0. The van der Waals surface area contributed by atoms with Gasteiger partial charge in [-0.1, -0.05) is 42.8 Å². The van der Waals surface area contributed by atoms with Crippen LogP contribution in [-0.4, -0.2) is 18.4 Å². The molecule has 1 atom stereocenters. The molecule has 0 bridgehead atoms. The largest absolute Gasteiger partial charge is 0.466 e. The van der Waals surface area contributed by atoms with Crippen LogP contribution in [0, 0.1) is 5.92 Å². The maximum Gasteiger partial charge on any atom is 0.309 e. The fraction of sp³-hybridized carbons (Fsp3) is 0.455. The first-order valence-corrected chi connectivity index (χ1v) is 9.13. The van der Waals surface area contributed by atoms with Gasteiger partial charge in [-0.05, 0) is 44.6 Å². The second-order valence-corrected chi connectivity index (χ2v) is 6.15. The molecule has 0 fully saturated rings. The number of carbonyl (C=O) groups is 2. The van der Waals surface area contributed by atoms with Crippen molar-refractivity contribution in [1.29, 1.82) is 0 Å². The number of ether oxygens (including phenoxy) is 1. The molecule has 25 heavy (non-hydrogen) atoms. The van der Waals surface area contributed by atoms with Crippen molar-refractivity contribution in [1.82, 2.24) is 0 Å². The normalized spacial score (nSPS) is 11.6. The van der Waals surface area contributed by atoms with Gasteiger partial charge in [0.15, 0.2) is 5.78 Å². The van der Waals surface area contributed by atoms with Crippen LogP contribution < -0.4 is 0 Å². The van der Waals surface area contributed by atoms with Crippen LogP contribution in [0.1, 0.15) is 61.4 Å². The first kappa shape index (κ1) is 20.9. The summed E-state index contributed by atoms with van der Waals surface area (Å²) in [5.41, 5.74) is 1.79. The maximum absolute atomic E-state index is 12.7. The molecule has 0 unspecified atom stereocenters. The lowest BCUT2D eigenvalue weighted by Gasteiger charge is -2.14. The number of allylic oxidation sites excluding steroid dienone is 2. The lowest BCUT2D eigenvalue weighted by molar-refractivity contribution is -0.147. The van der Waals surface area contributed by atoms with Crippen LogP contribution in [0.4, 0.5) is 0 Å². The predicted molar refractivity (Wildman–Crippen MR) is 103 cm³/mol. The average molecular weight is 342 g/mol. The highest BCUT2D eigenvalue weighted by atomic mass is 16.5. The third kappa shape index (κ3) is 7.51. The van der Waals surface area contributed by atoms with Gasteiger partial charge in [0.2, 0.25) is 0 Å². The highest BCUT2D eigenvalue weighted by Crippen LogP contribution is 2.20. The van der Waals surface area contributed by atoms with Crippen LogP contribution in [0.5, 0.6) is 0 Å². The van der Waals surface area contributed by atoms with E-state index in [0.717, 1.165) is 43.2 Å². The van der Waals surface area contributed by atoms with Crippen LogP contribution >= 0.6 is 0 Å². The van der Waals surface area contributed by atoms with Crippen molar-refractivity contribution in [3.8, 4) is 0 Å². The molecule has 1 rings (SSSR count). The number of rotatable bonds is 13. The molecule has 0 aliphatic heterocycles. The molecule has 0 aliphatic rings. The molecule has 0 amide bonds. The number of esters is 1. The summed E-state index contributed by atoms with van der Waals surface area (Å²) >= 11 is 0. The highest BCUT2D eigenvalue weighted by Gasteiger charge is 2.23. The smallest absolute Gasteiger partial charge is 0.309 e. The maximum atomic E-state index is 12.7. The molecular formula is C22H30O3. The lowest BCUT2D eigenvalue weighted by atomic mass is 9.91. The van der Waals surface area contributed by atoms with Crippen molar-refractivity contribution in [2.75, 3.05) is 6.61 Å². The molecule has 1 aromatic rings. The minimum absolute atomic E-state index is 0.00148. The lowest BCUT2D eigenvalue weighted by Crippen LogP contribution is -2.21. The van der Waals surface area contributed by atoms with Gasteiger partial charge in [-0.25, -0.2) is 0 Å². The van der Waals surface area contributed by atoms with Gasteiger partial charge in [0.25, 0.3) is 0 Å². The third-order valence-electron chi connectivity index (χ3n) is 4.18. The summed E-state index contributed by atoms with van der Waals surface area (Å²) in [4.78, 5) is 24.8. The van der Waals surface area contributed by atoms with E-state index in [0.29, 0.717) is 13.0 Å². The minimum atomic E-state index is -0.453. The molecule has 0 saturated carbocycles. The van der Waals surface area contributed by atoms with Crippen molar-refractivity contribution in [2.24, 2.45) is 5.92 Å². The van der Waals surface area contributed by atoms with E-state index in [1.165, 1.54) is 0 Å². The quantitative estimate of drug-likeness (QED) is 0.211. The van der Waals surface area contributed by atoms with Crippen molar-refractivity contribution >= 4 is 11.8 Å². The van der Waals surface area contributed by atoms with E-state index in [2.05, 4.69) is 13.2 Å². The molecule has 3 heteroatoms. The Labute approximate surface area is 151 Å². The van der Waals surface area contributed by atoms with Gasteiger partial charge in [-0.3, -0.25) is 9.59 Å². The van der Waals surface area contributed by atoms with E-state index < -0.39 is 5.92 Å². The number of carbonyl (C=O) groups excluding carboxylic acids is 2. The van der Waals surface area contributed by atoms with Crippen LogP contribution in [0.25, 0.3) is 0 Å². The molecule has 0 heterocycles. The molecule has 0 spiro atoms. The molecule has 0 aliphatic carbocycles. The van der Waals surface area contributed by atoms with E-state index in [-0.39, 0.29) is 18.2 Å². The van der Waals surface area contributed by atoms with Crippen LogP contribution in [-0.2, 0) is 16.0 Å². The summed E-state index contributed by atoms with van der Waals surface area (Å²) in [5.74, 6) is -0.773. The Morgan fingerprint density at radius 1 is 1.12 bits per heavy atom. The van der Waals surface area contributed by atoms with Gasteiger partial charge >= 0.3 is 5.97 Å². The second-order valence-electron chi connectivity index (χ2n) is 6.15. The molecule has 0 saturated heterocycles. The number of ketones is 1. The van der Waals surface area contributed by atoms with Gasteiger partial charge < -0.3 is 4.74 Å². The van der Waals surface area contributed by atoms with Crippen molar-refractivity contribution < 1.29 is 14.3 Å². The number of Topliss-reactive ketones (excluding diaryl/α,β-unsaturated/α-hetero) is 1. The monoisotopic (exact) mass is 342 g/mol. The first-order chi connectivity index (χ1) is 12.1. The summed E-state index contributed by atoms with van der Waals surface area (Å²) < 4.78 is 5.08. The van der Waals surface area contributed by atoms with Crippen LogP contribution in [0.15, 0.2) is 49.6 Å². The van der Waals surface area contributed by atoms with E-state index in [1.807, 2.05) is 30.3 Å². The van der Waals surface area contributed by atoms with Gasteiger partial charge in [-0.15, -0.1) is 13.2 Å². The Hall–Kier alpha value is -2.16. The van der Waals surface area contributed by atoms with Gasteiger partial charge in [0.05, 0.1) is 12.5 Å². The summed E-state index contributed by atoms with van der Waals surface area (Å²) in [6.07, 6.45) is 9.43. The van der Waals surface area contributed by atoms with E-state index in [9.17, 15) is 9.59 Å². The Kier molecular flexibility index (Phi) is 10.2. The topological polar surface area (TPSA) is 43.4 Å². The highest BCUT2D eigenvalue weighted by molar-refractivity contribution is 5.99. The molecule has 3 nitrogen and oxygen atoms in total. The first-order valence-electron chi connectivity index (χ1n) is 9.13. The van der Waals surface area contributed by atoms with Crippen LogP contribution in [0.2, 0.25) is 0 Å². The van der Waals surface area contributed by atoms with Crippen LogP contribution in [0.3, 0.4) is 0 Å². The Morgan fingerprint density at radius 2 is 1.88 bits per heavy atom. The summed E-state index contributed by atoms with van der Waals surface area (Å²) in [6.45, 7) is 9.51. The molecule has 0 aromatic heterocycles. The van der Waals surface area contributed by atoms with Crippen molar-refractivity contribution in [3.63, 3.8) is 0 Å². The van der Waals surface area contributed by atoms with Gasteiger partial charge in [0.1, 0.15) is 0 Å².